The molecular formula is C17H22N2O2. The van der Waals surface area contributed by atoms with Crippen LogP contribution >= 0.6 is 0 Å². The second-order valence-corrected chi connectivity index (χ2v) is 6.50. The summed E-state index contributed by atoms with van der Waals surface area (Å²) in [7, 11) is 0. The molecule has 4 nitrogen and oxygen atoms in total. The number of hydrogen-bond donors (Lipinski definition) is 1. The third kappa shape index (κ3) is 3.83. The number of rotatable bonds is 3. The highest BCUT2D eigenvalue weighted by Gasteiger charge is 2.26. The predicted octanol–water partition coefficient (Wildman–Crippen LogP) is 2.70. The van der Waals surface area contributed by atoms with Crippen molar-refractivity contribution in [2.24, 2.45) is 5.92 Å². The van der Waals surface area contributed by atoms with Crippen LogP contribution in [-0.2, 0) is 14.9 Å². The van der Waals surface area contributed by atoms with E-state index in [0.717, 1.165) is 12.0 Å². The molecule has 1 aromatic carbocycles. The molecule has 0 aromatic heterocycles. The van der Waals surface area contributed by atoms with Gasteiger partial charge in [-0.1, -0.05) is 45.0 Å². The Morgan fingerprint density at radius 2 is 2.05 bits per heavy atom. The maximum Gasteiger partial charge on any atom is 0.226 e. The highest BCUT2D eigenvalue weighted by Crippen LogP contribution is 2.24. The van der Waals surface area contributed by atoms with E-state index in [0.29, 0.717) is 13.2 Å². The number of amides is 1. The predicted molar refractivity (Wildman–Crippen MR) is 80.6 cm³/mol. The summed E-state index contributed by atoms with van der Waals surface area (Å²) in [5, 5.41) is 12.1. The molecule has 0 aliphatic carbocycles. The van der Waals surface area contributed by atoms with Gasteiger partial charge in [0.15, 0.2) is 0 Å². The Labute approximate surface area is 126 Å². The van der Waals surface area contributed by atoms with Gasteiger partial charge in [0.2, 0.25) is 5.91 Å². The average molecular weight is 286 g/mol. The van der Waals surface area contributed by atoms with Crippen molar-refractivity contribution < 1.29 is 9.53 Å². The lowest BCUT2D eigenvalue weighted by molar-refractivity contribution is -0.125. The number of nitriles is 1. The third-order valence-electron chi connectivity index (χ3n) is 3.83. The number of carbonyl (C=O) groups excluding carboxylic acids is 1. The number of benzene rings is 1. The first-order valence-corrected chi connectivity index (χ1v) is 7.30. The summed E-state index contributed by atoms with van der Waals surface area (Å²) in [5.41, 5.74) is 2.10. The Morgan fingerprint density at radius 1 is 1.38 bits per heavy atom. The SMILES string of the molecule is CC(C)(C)c1ccc([C@@H](C#N)NC(=O)[C@@H]2CCOC2)cc1. The molecule has 1 saturated heterocycles. The summed E-state index contributed by atoms with van der Waals surface area (Å²) < 4.78 is 5.21. The molecule has 2 rings (SSSR count). The maximum atomic E-state index is 12.1. The van der Waals surface area contributed by atoms with Crippen molar-refractivity contribution in [3.05, 3.63) is 35.4 Å². The van der Waals surface area contributed by atoms with Crippen molar-refractivity contribution in [1.29, 1.82) is 5.26 Å². The van der Waals surface area contributed by atoms with Gasteiger partial charge in [0.05, 0.1) is 18.6 Å². The molecule has 1 heterocycles. The van der Waals surface area contributed by atoms with Crippen LogP contribution in [0.15, 0.2) is 24.3 Å². The van der Waals surface area contributed by atoms with Gasteiger partial charge in [0, 0.05) is 6.61 Å². The first-order chi connectivity index (χ1) is 9.91. The second kappa shape index (κ2) is 6.28. The monoisotopic (exact) mass is 286 g/mol. The van der Waals surface area contributed by atoms with Crippen molar-refractivity contribution in [3.8, 4) is 6.07 Å². The smallest absolute Gasteiger partial charge is 0.226 e. The molecule has 1 fully saturated rings. The number of hydrogen-bond acceptors (Lipinski definition) is 3. The Kier molecular flexibility index (Phi) is 4.64. The number of nitrogens with one attached hydrogen (secondary N) is 1. The Morgan fingerprint density at radius 3 is 2.52 bits per heavy atom. The minimum Gasteiger partial charge on any atom is -0.381 e. The van der Waals surface area contributed by atoms with E-state index in [2.05, 4.69) is 32.2 Å². The molecule has 112 valence electrons. The van der Waals surface area contributed by atoms with Crippen molar-refractivity contribution in [2.45, 2.75) is 38.6 Å². The van der Waals surface area contributed by atoms with Gasteiger partial charge >= 0.3 is 0 Å². The first kappa shape index (κ1) is 15.5. The summed E-state index contributed by atoms with van der Waals surface area (Å²) in [6.45, 7) is 7.51. The van der Waals surface area contributed by atoms with Gasteiger partial charge in [-0.15, -0.1) is 0 Å². The van der Waals surface area contributed by atoms with Gasteiger partial charge in [-0.3, -0.25) is 4.79 Å². The molecule has 1 aliphatic heterocycles. The largest absolute Gasteiger partial charge is 0.381 e. The van der Waals surface area contributed by atoms with Gasteiger partial charge in [-0.2, -0.15) is 5.26 Å². The number of ether oxygens (including phenoxy) is 1. The molecule has 1 amide bonds. The maximum absolute atomic E-state index is 12.1. The van der Waals surface area contributed by atoms with Gasteiger partial charge in [-0.25, -0.2) is 0 Å². The van der Waals surface area contributed by atoms with Crippen LogP contribution in [-0.4, -0.2) is 19.1 Å². The average Bonchev–Trinajstić information content (AvgIpc) is 2.98. The van der Waals surface area contributed by atoms with Crippen molar-refractivity contribution in [3.63, 3.8) is 0 Å². The highest BCUT2D eigenvalue weighted by atomic mass is 16.5. The Bertz CT molecular complexity index is 531. The summed E-state index contributed by atoms with van der Waals surface area (Å²) in [6, 6.07) is 9.42. The highest BCUT2D eigenvalue weighted by molar-refractivity contribution is 5.79. The van der Waals surface area contributed by atoms with Gasteiger partial charge in [0.1, 0.15) is 6.04 Å². The van der Waals surface area contributed by atoms with Gasteiger partial charge < -0.3 is 10.1 Å². The molecule has 4 heteroatoms. The van der Waals surface area contributed by atoms with Crippen molar-refractivity contribution in [2.75, 3.05) is 13.2 Å². The second-order valence-electron chi connectivity index (χ2n) is 6.50. The van der Waals surface area contributed by atoms with E-state index in [-0.39, 0.29) is 17.2 Å². The van der Waals surface area contributed by atoms with Crippen LogP contribution in [0.3, 0.4) is 0 Å². The van der Waals surface area contributed by atoms with Gasteiger partial charge in [0.25, 0.3) is 0 Å². The zero-order chi connectivity index (χ0) is 15.5. The standard InChI is InChI=1S/C17H22N2O2/c1-17(2,3)14-6-4-12(5-7-14)15(10-18)19-16(20)13-8-9-21-11-13/h4-7,13,15H,8-9,11H2,1-3H3,(H,19,20)/t13-,15-/m1/s1. The fourth-order valence-corrected chi connectivity index (χ4v) is 2.37. The van der Waals surface area contributed by atoms with E-state index in [1.54, 1.807) is 0 Å². The van der Waals surface area contributed by atoms with Crippen LogP contribution in [0.4, 0.5) is 0 Å². The minimum atomic E-state index is -0.605. The fourth-order valence-electron chi connectivity index (χ4n) is 2.37. The summed E-state index contributed by atoms with van der Waals surface area (Å²) in [5.74, 6) is -0.228. The van der Waals surface area contributed by atoms with Crippen LogP contribution in [0.1, 0.15) is 44.4 Å². The normalized spacial score (nSPS) is 19.8. The lowest BCUT2D eigenvalue weighted by Gasteiger charge is -2.20. The van der Waals surface area contributed by atoms with E-state index in [4.69, 9.17) is 4.74 Å². The molecule has 1 aliphatic rings. The van der Waals surface area contributed by atoms with Crippen LogP contribution in [0.5, 0.6) is 0 Å². The third-order valence-corrected chi connectivity index (χ3v) is 3.83. The van der Waals surface area contributed by atoms with E-state index < -0.39 is 6.04 Å². The lowest BCUT2D eigenvalue weighted by Crippen LogP contribution is -2.33. The number of nitrogens with zero attached hydrogens (tertiary/aromatic N) is 1. The van der Waals surface area contributed by atoms with Crippen LogP contribution in [0.2, 0.25) is 0 Å². The summed E-state index contributed by atoms with van der Waals surface area (Å²) in [6.07, 6.45) is 0.729. The van der Waals surface area contributed by atoms with E-state index >= 15 is 0 Å². The molecule has 2 atom stereocenters. The molecular weight excluding hydrogens is 264 g/mol. The first-order valence-electron chi connectivity index (χ1n) is 7.30. The van der Waals surface area contributed by atoms with Crippen LogP contribution in [0.25, 0.3) is 0 Å². The molecule has 0 unspecified atom stereocenters. The zero-order valence-electron chi connectivity index (χ0n) is 12.8. The molecule has 0 radical (unpaired) electrons. The molecule has 0 saturated carbocycles. The summed E-state index contributed by atoms with van der Waals surface area (Å²) >= 11 is 0. The molecule has 1 N–H and O–H groups in total. The van der Waals surface area contributed by atoms with E-state index in [1.807, 2.05) is 24.3 Å². The van der Waals surface area contributed by atoms with Crippen LogP contribution in [0, 0.1) is 17.2 Å². The van der Waals surface area contributed by atoms with Crippen LogP contribution < -0.4 is 5.32 Å². The molecule has 21 heavy (non-hydrogen) atoms. The Hall–Kier alpha value is -1.86. The minimum absolute atomic E-state index is 0.0745. The molecule has 0 spiro atoms. The fraction of sp³-hybridized carbons (Fsp3) is 0.529. The summed E-state index contributed by atoms with van der Waals surface area (Å²) in [4.78, 5) is 12.1. The zero-order valence-corrected chi connectivity index (χ0v) is 12.8. The Balaban J connectivity index is 2.07. The quantitative estimate of drug-likeness (QED) is 0.929. The molecule has 1 aromatic rings. The van der Waals surface area contributed by atoms with Gasteiger partial charge in [-0.05, 0) is 23.0 Å². The van der Waals surface area contributed by atoms with Crippen molar-refractivity contribution in [1.82, 2.24) is 5.32 Å². The lowest BCUT2D eigenvalue weighted by atomic mass is 9.86. The van der Waals surface area contributed by atoms with E-state index in [9.17, 15) is 10.1 Å². The molecule has 0 bridgehead atoms. The topological polar surface area (TPSA) is 62.1 Å². The number of carbonyl (C=O) groups is 1. The van der Waals surface area contributed by atoms with E-state index in [1.165, 1.54) is 5.56 Å². The van der Waals surface area contributed by atoms with Crippen molar-refractivity contribution >= 4 is 5.91 Å².